The molecule has 134 valence electrons. The minimum absolute atomic E-state index is 0.0787. The van der Waals surface area contributed by atoms with E-state index in [1.54, 1.807) is 0 Å². The Kier molecular flexibility index (Phi) is 5.31. The molecule has 1 saturated heterocycles. The van der Waals surface area contributed by atoms with Crippen molar-refractivity contribution in [2.24, 2.45) is 0 Å². The highest BCUT2D eigenvalue weighted by Crippen LogP contribution is 2.27. The summed E-state index contributed by atoms with van der Waals surface area (Å²) in [4.78, 5) is 22.7. The van der Waals surface area contributed by atoms with Crippen LogP contribution in [0.2, 0.25) is 0 Å². The minimum Gasteiger partial charge on any atom is -0.337 e. The van der Waals surface area contributed by atoms with Crippen LogP contribution < -0.4 is 5.32 Å². The van der Waals surface area contributed by atoms with Gasteiger partial charge in [-0.2, -0.15) is 4.98 Å². The van der Waals surface area contributed by atoms with E-state index >= 15 is 0 Å². The Labute approximate surface area is 147 Å². The number of urea groups is 1. The maximum Gasteiger partial charge on any atom is 0.318 e. The predicted octanol–water partition coefficient (Wildman–Crippen LogP) is 3.24. The molecule has 25 heavy (non-hydrogen) atoms. The molecule has 1 fully saturated rings. The largest absolute Gasteiger partial charge is 0.337 e. The molecule has 0 unspecified atom stereocenters. The van der Waals surface area contributed by atoms with Gasteiger partial charge in [-0.3, -0.25) is 4.98 Å². The third-order valence-electron chi connectivity index (χ3n) is 4.64. The fourth-order valence-corrected chi connectivity index (χ4v) is 3.05. The van der Waals surface area contributed by atoms with Gasteiger partial charge < -0.3 is 14.7 Å². The second-order valence-corrected chi connectivity index (χ2v) is 6.86. The molecule has 3 heterocycles. The minimum atomic E-state index is -0.301. The van der Waals surface area contributed by atoms with Gasteiger partial charge in [-0.1, -0.05) is 19.0 Å². The summed E-state index contributed by atoms with van der Waals surface area (Å²) >= 11 is 0. The van der Waals surface area contributed by atoms with Crippen LogP contribution in [0.3, 0.4) is 0 Å². The van der Waals surface area contributed by atoms with E-state index in [4.69, 9.17) is 4.52 Å². The lowest BCUT2D eigenvalue weighted by atomic mass is 9.90. The molecule has 1 N–H and O–H groups in total. The van der Waals surface area contributed by atoms with Crippen LogP contribution in [-0.2, 0) is 0 Å². The van der Waals surface area contributed by atoms with Gasteiger partial charge in [0.2, 0.25) is 5.89 Å². The van der Waals surface area contributed by atoms with E-state index in [-0.39, 0.29) is 18.0 Å². The lowest BCUT2D eigenvalue weighted by Crippen LogP contribution is -2.44. The molecule has 0 saturated carbocycles. The molecule has 0 aliphatic carbocycles. The van der Waals surface area contributed by atoms with Gasteiger partial charge in [-0.05, 0) is 43.4 Å². The average Bonchev–Trinajstić information content (AvgIpc) is 3.13. The van der Waals surface area contributed by atoms with Gasteiger partial charge in [0.1, 0.15) is 6.04 Å². The topological polar surface area (TPSA) is 84.2 Å². The highest BCUT2D eigenvalue weighted by molar-refractivity contribution is 5.74. The first-order chi connectivity index (χ1) is 12.0. The number of carbonyl (C=O) groups excluding carboxylic acids is 1. The van der Waals surface area contributed by atoms with Gasteiger partial charge >= 0.3 is 6.03 Å². The van der Waals surface area contributed by atoms with Crippen molar-refractivity contribution in [3.8, 4) is 0 Å². The standard InChI is InChI=1S/C18H25N5O2/c1-12(2)16-21-17(25-22-16)13(3)20-18(24)23-10-6-15(7-11-23)14-4-8-19-9-5-14/h4-5,8-9,12-13,15H,6-7,10-11H2,1-3H3,(H,20,24)/t13-/m1/s1. The van der Waals surface area contributed by atoms with Crippen LogP contribution in [0.4, 0.5) is 4.79 Å². The summed E-state index contributed by atoms with van der Waals surface area (Å²) in [7, 11) is 0. The number of nitrogens with one attached hydrogen (secondary N) is 1. The number of carbonyl (C=O) groups is 1. The molecule has 7 nitrogen and oxygen atoms in total. The number of aromatic nitrogens is 3. The number of hydrogen-bond acceptors (Lipinski definition) is 5. The van der Waals surface area contributed by atoms with E-state index in [2.05, 4.69) is 32.6 Å². The molecule has 2 aromatic heterocycles. The average molecular weight is 343 g/mol. The number of amides is 2. The molecular formula is C18H25N5O2. The van der Waals surface area contributed by atoms with Gasteiger partial charge in [-0.15, -0.1) is 0 Å². The summed E-state index contributed by atoms with van der Waals surface area (Å²) in [5.74, 6) is 1.81. The number of piperidine rings is 1. The van der Waals surface area contributed by atoms with Crippen LogP contribution in [0.15, 0.2) is 29.0 Å². The van der Waals surface area contributed by atoms with Crippen molar-refractivity contribution >= 4 is 6.03 Å². The zero-order chi connectivity index (χ0) is 17.8. The van der Waals surface area contributed by atoms with Crippen molar-refractivity contribution in [1.29, 1.82) is 0 Å². The Bertz CT molecular complexity index is 693. The quantitative estimate of drug-likeness (QED) is 0.921. The molecule has 0 bridgehead atoms. The molecule has 1 aliphatic heterocycles. The number of rotatable bonds is 4. The van der Waals surface area contributed by atoms with Crippen molar-refractivity contribution in [1.82, 2.24) is 25.3 Å². The van der Waals surface area contributed by atoms with E-state index < -0.39 is 0 Å². The number of nitrogens with zero attached hydrogens (tertiary/aromatic N) is 4. The highest BCUT2D eigenvalue weighted by atomic mass is 16.5. The molecular weight excluding hydrogens is 318 g/mol. The van der Waals surface area contributed by atoms with Gasteiger partial charge in [0.05, 0.1) is 0 Å². The Morgan fingerprint density at radius 1 is 1.24 bits per heavy atom. The predicted molar refractivity (Wildman–Crippen MR) is 93.1 cm³/mol. The Morgan fingerprint density at radius 3 is 2.52 bits per heavy atom. The summed E-state index contributed by atoms with van der Waals surface area (Å²) in [5, 5.41) is 6.90. The van der Waals surface area contributed by atoms with Crippen LogP contribution >= 0.6 is 0 Å². The van der Waals surface area contributed by atoms with E-state index in [1.807, 2.05) is 38.1 Å². The second-order valence-electron chi connectivity index (χ2n) is 6.86. The summed E-state index contributed by atoms with van der Waals surface area (Å²) in [6.07, 6.45) is 5.57. The van der Waals surface area contributed by atoms with E-state index in [0.717, 1.165) is 25.9 Å². The lowest BCUT2D eigenvalue weighted by molar-refractivity contribution is 0.176. The summed E-state index contributed by atoms with van der Waals surface area (Å²) in [6.45, 7) is 7.36. The van der Waals surface area contributed by atoms with E-state index in [1.165, 1.54) is 5.56 Å². The fraction of sp³-hybridized carbons (Fsp3) is 0.556. The van der Waals surface area contributed by atoms with Crippen molar-refractivity contribution < 1.29 is 9.32 Å². The van der Waals surface area contributed by atoms with E-state index in [9.17, 15) is 4.79 Å². The summed E-state index contributed by atoms with van der Waals surface area (Å²) in [5.41, 5.74) is 1.30. The smallest absolute Gasteiger partial charge is 0.318 e. The maximum atomic E-state index is 12.5. The van der Waals surface area contributed by atoms with Crippen molar-refractivity contribution in [3.05, 3.63) is 41.8 Å². The first-order valence-corrected chi connectivity index (χ1v) is 8.83. The Hall–Kier alpha value is -2.44. The number of hydrogen-bond donors (Lipinski definition) is 1. The van der Waals surface area contributed by atoms with Crippen LogP contribution in [0.5, 0.6) is 0 Å². The van der Waals surface area contributed by atoms with Gasteiger partial charge in [-0.25, -0.2) is 4.79 Å². The molecule has 7 heteroatoms. The van der Waals surface area contributed by atoms with Gasteiger partial charge in [0.25, 0.3) is 0 Å². The monoisotopic (exact) mass is 343 g/mol. The Morgan fingerprint density at radius 2 is 1.92 bits per heavy atom. The van der Waals surface area contributed by atoms with Crippen LogP contribution in [0.1, 0.15) is 68.8 Å². The lowest BCUT2D eigenvalue weighted by Gasteiger charge is -2.32. The summed E-state index contributed by atoms with van der Waals surface area (Å²) in [6, 6.07) is 3.74. The number of likely N-dealkylation sites (tertiary alicyclic amines) is 1. The third kappa shape index (κ3) is 4.15. The van der Waals surface area contributed by atoms with Crippen molar-refractivity contribution in [3.63, 3.8) is 0 Å². The SMILES string of the molecule is CC(C)c1noc([C@@H](C)NC(=O)N2CCC(c3ccncc3)CC2)n1. The molecule has 0 radical (unpaired) electrons. The normalized spacial score (nSPS) is 16.9. The Balaban J connectivity index is 1.52. The molecule has 3 rings (SSSR count). The van der Waals surface area contributed by atoms with Crippen LogP contribution in [-0.4, -0.2) is 39.1 Å². The van der Waals surface area contributed by atoms with Crippen LogP contribution in [0.25, 0.3) is 0 Å². The molecule has 2 aromatic rings. The third-order valence-corrected chi connectivity index (χ3v) is 4.64. The molecule has 0 aromatic carbocycles. The zero-order valence-electron chi connectivity index (χ0n) is 15.0. The van der Waals surface area contributed by atoms with Gasteiger partial charge in [0.15, 0.2) is 5.82 Å². The van der Waals surface area contributed by atoms with Crippen molar-refractivity contribution in [2.75, 3.05) is 13.1 Å². The fourth-order valence-electron chi connectivity index (χ4n) is 3.05. The first kappa shape index (κ1) is 17.4. The summed E-state index contributed by atoms with van der Waals surface area (Å²) < 4.78 is 5.25. The first-order valence-electron chi connectivity index (χ1n) is 8.83. The van der Waals surface area contributed by atoms with E-state index in [0.29, 0.717) is 17.6 Å². The highest BCUT2D eigenvalue weighted by Gasteiger charge is 2.26. The molecule has 1 aliphatic rings. The molecule has 0 spiro atoms. The van der Waals surface area contributed by atoms with Gasteiger partial charge in [0, 0.05) is 31.4 Å². The maximum absolute atomic E-state index is 12.5. The molecule has 2 amide bonds. The second kappa shape index (κ2) is 7.63. The molecule has 1 atom stereocenters. The van der Waals surface area contributed by atoms with Crippen molar-refractivity contribution in [2.45, 2.75) is 51.5 Å². The van der Waals surface area contributed by atoms with Crippen LogP contribution in [0, 0.1) is 0 Å². The zero-order valence-corrected chi connectivity index (χ0v) is 15.0. The number of pyridine rings is 1.